The quantitative estimate of drug-likeness (QED) is 0.127. The maximum atomic E-state index is 14.5. The van der Waals surface area contributed by atoms with E-state index in [1.54, 1.807) is 27.7 Å². The van der Waals surface area contributed by atoms with Gasteiger partial charge in [0.15, 0.2) is 16.2 Å². The number of amides is 3. The summed E-state index contributed by atoms with van der Waals surface area (Å²) in [6.45, 7) is 11.1. The molecule has 3 fully saturated rings. The van der Waals surface area contributed by atoms with E-state index >= 15 is 0 Å². The first-order chi connectivity index (χ1) is 23.6. The zero-order valence-electron chi connectivity index (χ0n) is 30.2. The summed E-state index contributed by atoms with van der Waals surface area (Å²) < 4.78 is 31.9. The Bertz CT molecular complexity index is 1370. The predicted octanol–water partition coefficient (Wildman–Crippen LogP) is 1.85. The van der Waals surface area contributed by atoms with Gasteiger partial charge in [-0.3, -0.25) is 29.8 Å². The molecule has 2 unspecified atom stereocenters. The minimum absolute atomic E-state index is 0.0603. The maximum Gasteiger partial charge on any atom is 0.289 e. The highest BCUT2D eigenvalue weighted by atomic mass is 32.2. The van der Waals surface area contributed by atoms with Crippen LogP contribution in [0, 0.1) is 11.8 Å². The zero-order chi connectivity index (χ0) is 36.7. The Labute approximate surface area is 297 Å². The highest BCUT2D eigenvalue weighted by Gasteiger charge is 2.51. The van der Waals surface area contributed by atoms with Gasteiger partial charge in [-0.05, 0) is 53.4 Å². The molecular weight excluding hydrogens is 662 g/mol. The zero-order valence-corrected chi connectivity index (χ0v) is 31.1. The molecule has 0 radical (unpaired) electrons. The van der Waals surface area contributed by atoms with Crippen LogP contribution in [0.3, 0.4) is 0 Å². The summed E-state index contributed by atoms with van der Waals surface area (Å²) in [6, 6.07) is -3.06. The van der Waals surface area contributed by atoms with Gasteiger partial charge in [0.05, 0.1) is 22.6 Å². The average molecular weight is 722 g/mol. The van der Waals surface area contributed by atoms with Gasteiger partial charge in [0, 0.05) is 37.1 Å². The van der Waals surface area contributed by atoms with Gasteiger partial charge in [-0.15, -0.1) is 6.58 Å². The van der Waals surface area contributed by atoms with Gasteiger partial charge in [-0.1, -0.05) is 63.2 Å². The van der Waals surface area contributed by atoms with Crippen LogP contribution in [0.15, 0.2) is 24.8 Å². The van der Waals surface area contributed by atoms with Crippen molar-refractivity contribution in [3.8, 4) is 0 Å². The number of ketones is 1. The summed E-state index contributed by atoms with van der Waals surface area (Å²) in [4.78, 5) is 55.8. The largest absolute Gasteiger partial charge is 0.376 e. The number of aliphatic hydroxyl groups is 1. The summed E-state index contributed by atoms with van der Waals surface area (Å²) in [5.74, 6) is -2.98. The Morgan fingerprint density at radius 3 is 2.40 bits per heavy atom. The van der Waals surface area contributed by atoms with Crippen molar-refractivity contribution in [3.05, 3.63) is 24.8 Å². The molecule has 0 bridgehead atoms. The standard InChI is InChI=1S/C36H59N5O8S/c1-6-20-37-32(44)30(42)27-15-11-8-7-9-14-21-49-24(2)28(33(45)41-22-25-16-17-26(25)29(41)31(43)38-27)39-34(46)40-36(18-12-10-13-19-36)23-50(47,48)35(3,4)5/h6,16-17,24-29,34,39-40,46H,1,7-15,18-23H2,2-5H3,(H,37,44)(H,38,43)/t24-,25?,26-,27-,28-,29-,34?/m0/s1. The lowest BCUT2D eigenvalue weighted by molar-refractivity contribution is -0.146. The molecule has 0 spiro atoms. The van der Waals surface area contributed by atoms with Gasteiger partial charge in [0.25, 0.3) is 5.91 Å². The number of hydrogen-bond donors (Lipinski definition) is 5. The molecule has 1 saturated carbocycles. The molecule has 282 valence electrons. The fourth-order valence-corrected chi connectivity index (χ4v) is 9.05. The van der Waals surface area contributed by atoms with Crippen LogP contribution in [0.4, 0.5) is 0 Å². The predicted molar refractivity (Wildman–Crippen MR) is 190 cm³/mol. The molecule has 4 aliphatic rings. The normalized spacial score (nSPS) is 30.3. The van der Waals surface area contributed by atoms with Crippen molar-refractivity contribution >= 4 is 33.3 Å². The van der Waals surface area contributed by atoms with Gasteiger partial charge < -0.3 is 25.4 Å². The molecule has 4 rings (SSSR count). The van der Waals surface area contributed by atoms with Crippen LogP contribution in [-0.4, -0.2) is 108 Å². The number of nitrogens with zero attached hydrogens (tertiary/aromatic N) is 1. The van der Waals surface area contributed by atoms with Gasteiger partial charge >= 0.3 is 0 Å². The molecule has 2 heterocycles. The second kappa shape index (κ2) is 17.2. The number of hydrogen-bond acceptors (Lipinski definition) is 10. The summed E-state index contributed by atoms with van der Waals surface area (Å²) in [6.07, 6.45) is 11.0. The molecule has 14 heteroatoms. The molecule has 2 aliphatic heterocycles. The van der Waals surface area contributed by atoms with E-state index in [2.05, 4.69) is 27.8 Å². The number of ether oxygens (including phenoxy) is 1. The molecule has 7 atom stereocenters. The first-order valence-corrected chi connectivity index (χ1v) is 20.0. The minimum Gasteiger partial charge on any atom is -0.376 e. The second-order valence-corrected chi connectivity index (χ2v) is 18.3. The average Bonchev–Trinajstić information content (AvgIpc) is 3.30. The Kier molecular flexibility index (Phi) is 13.8. The molecule has 0 aromatic heterocycles. The third-order valence-electron chi connectivity index (χ3n) is 10.7. The minimum atomic E-state index is -3.55. The van der Waals surface area contributed by atoms with Crippen LogP contribution < -0.4 is 21.3 Å². The molecule has 2 saturated heterocycles. The van der Waals surface area contributed by atoms with Crippen molar-refractivity contribution in [2.75, 3.05) is 25.4 Å². The van der Waals surface area contributed by atoms with Crippen molar-refractivity contribution in [3.63, 3.8) is 0 Å². The van der Waals surface area contributed by atoms with Crippen LogP contribution in [0.2, 0.25) is 0 Å². The van der Waals surface area contributed by atoms with Crippen molar-refractivity contribution in [2.24, 2.45) is 11.8 Å². The van der Waals surface area contributed by atoms with E-state index in [1.807, 2.05) is 12.2 Å². The monoisotopic (exact) mass is 721 g/mol. The highest BCUT2D eigenvalue weighted by Crippen LogP contribution is 2.39. The Morgan fingerprint density at radius 1 is 1.10 bits per heavy atom. The molecule has 0 aromatic carbocycles. The number of aliphatic hydroxyl groups excluding tert-OH is 1. The highest BCUT2D eigenvalue weighted by molar-refractivity contribution is 7.92. The Morgan fingerprint density at radius 2 is 1.76 bits per heavy atom. The van der Waals surface area contributed by atoms with Crippen LogP contribution in [-0.2, 0) is 33.8 Å². The maximum absolute atomic E-state index is 14.5. The van der Waals surface area contributed by atoms with E-state index in [9.17, 15) is 32.7 Å². The van der Waals surface area contributed by atoms with Crippen LogP contribution in [0.25, 0.3) is 0 Å². The topological polar surface area (TPSA) is 183 Å². The van der Waals surface area contributed by atoms with Crippen molar-refractivity contribution in [1.29, 1.82) is 0 Å². The van der Waals surface area contributed by atoms with Crippen LogP contribution >= 0.6 is 0 Å². The van der Waals surface area contributed by atoms with E-state index in [1.165, 1.54) is 11.0 Å². The molecule has 5 N–H and O–H groups in total. The number of sulfone groups is 1. The van der Waals surface area contributed by atoms with Crippen LogP contribution in [0.1, 0.15) is 98.3 Å². The number of rotatable bonds is 10. The van der Waals surface area contributed by atoms with Crippen LogP contribution in [0.5, 0.6) is 0 Å². The second-order valence-electron chi connectivity index (χ2n) is 15.5. The lowest BCUT2D eigenvalue weighted by Gasteiger charge is -2.42. The number of nitrogens with one attached hydrogen (secondary N) is 4. The van der Waals surface area contributed by atoms with E-state index in [4.69, 9.17) is 4.74 Å². The van der Waals surface area contributed by atoms with E-state index in [-0.39, 0.29) is 30.7 Å². The van der Waals surface area contributed by atoms with Crippen molar-refractivity contribution in [1.82, 2.24) is 26.2 Å². The summed E-state index contributed by atoms with van der Waals surface area (Å²) in [5, 5.41) is 23.0. The van der Waals surface area contributed by atoms with Gasteiger partial charge in [-0.25, -0.2) is 8.42 Å². The smallest absolute Gasteiger partial charge is 0.289 e. The third kappa shape index (κ3) is 9.81. The lowest BCUT2D eigenvalue weighted by atomic mass is 9.81. The summed E-state index contributed by atoms with van der Waals surface area (Å²) in [7, 11) is -3.55. The molecule has 13 nitrogen and oxygen atoms in total. The molecule has 2 aliphatic carbocycles. The summed E-state index contributed by atoms with van der Waals surface area (Å²) >= 11 is 0. The van der Waals surface area contributed by atoms with E-state index < -0.39 is 74.2 Å². The van der Waals surface area contributed by atoms with Gasteiger partial charge in [0.2, 0.25) is 17.6 Å². The van der Waals surface area contributed by atoms with Gasteiger partial charge in [0.1, 0.15) is 12.1 Å². The number of Topliss-reactive ketones (excluding diaryl/α,β-unsaturated/α-hetero) is 1. The first kappa shape index (κ1) is 40.1. The van der Waals surface area contributed by atoms with E-state index in [0.29, 0.717) is 32.3 Å². The molecule has 50 heavy (non-hydrogen) atoms. The number of fused-ring (bicyclic) bond motifs is 3. The first-order valence-electron chi connectivity index (χ1n) is 18.4. The third-order valence-corrected chi connectivity index (χ3v) is 13.5. The Balaban J connectivity index is 1.59. The van der Waals surface area contributed by atoms with Crippen molar-refractivity contribution in [2.45, 2.75) is 139 Å². The number of carbonyl (C=O) groups excluding carboxylic acids is 4. The summed E-state index contributed by atoms with van der Waals surface area (Å²) in [5.41, 5.74) is -0.888. The lowest BCUT2D eigenvalue weighted by Crippen LogP contribution is -2.65. The Hall–Kier alpha value is -2.65. The number of carbonyl (C=O) groups is 4. The fourth-order valence-electron chi connectivity index (χ4n) is 7.52. The fraction of sp³-hybridized carbons (Fsp3) is 0.778. The van der Waals surface area contributed by atoms with E-state index in [0.717, 1.165) is 44.9 Å². The molecular formula is C36H59N5O8S. The van der Waals surface area contributed by atoms with Gasteiger partial charge in [-0.2, -0.15) is 0 Å². The SMILES string of the molecule is C=CCNC(=O)C(=O)[C@@H]1CCCCCCCO[C@@H](C)[C@H](NC(O)NC2(CS(=O)(=O)C(C)(C)C)CCCCC2)C(=O)N2CC3C=C[C@@H]3[C@H]2C(=O)N1. The molecule has 0 aromatic rings. The van der Waals surface area contributed by atoms with Crippen molar-refractivity contribution < 1.29 is 37.4 Å². The molecule has 3 amide bonds.